The zero-order chi connectivity index (χ0) is 16.2. The number of nitrogens with zero attached hydrogens (tertiary/aromatic N) is 1. The van der Waals surface area contributed by atoms with Crippen molar-refractivity contribution in [3.8, 4) is 0 Å². The van der Waals surface area contributed by atoms with Crippen LogP contribution in [-0.4, -0.2) is 40.9 Å². The molecule has 0 unspecified atom stereocenters. The molecular formula is C17H18N2O4. The first-order valence-corrected chi connectivity index (χ1v) is 7.99. The Kier molecular flexibility index (Phi) is 2.98. The maximum absolute atomic E-state index is 12.5. The van der Waals surface area contributed by atoms with Crippen molar-refractivity contribution in [3.63, 3.8) is 0 Å². The van der Waals surface area contributed by atoms with Gasteiger partial charge in [-0.15, -0.1) is 0 Å². The van der Waals surface area contributed by atoms with E-state index in [0.717, 1.165) is 18.4 Å². The van der Waals surface area contributed by atoms with E-state index in [1.807, 2.05) is 4.90 Å². The van der Waals surface area contributed by atoms with Crippen LogP contribution in [0.5, 0.6) is 0 Å². The number of amides is 2. The van der Waals surface area contributed by atoms with E-state index in [0.29, 0.717) is 31.6 Å². The van der Waals surface area contributed by atoms with Gasteiger partial charge >= 0.3 is 5.97 Å². The number of nitrogens with one attached hydrogen (secondary N) is 1. The van der Waals surface area contributed by atoms with Crippen LogP contribution in [0.15, 0.2) is 18.2 Å². The third-order valence-corrected chi connectivity index (χ3v) is 5.32. The third kappa shape index (κ3) is 2.12. The maximum Gasteiger partial charge on any atom is 0.335 e. The SMILES string of the molecule is O=C(O)c1ccc2c(c1)C1(CCN(C(=O)C3CC3)CC1)C(=O)N2. The summed E-state index contributed by atoms with van der Waals surface area (Å²) in [6.07, 6.45) is 3.05. The number of carbonyl (C=O) groups excluding carboxylic acids is 2. The number of carboxylic acid groups (broad SMARTS) is 1. The molecule has 0 aromatic heterocycles. The van der Waals surface area contributed by atoms with Gasteiger partial charge in [0.1, 0.15) is 0 Å². The number of fused-ring (bicyclic) bond motifs is 2. The lowest BCUT2D eigenvalue weighted by Gasteiger charge is -2.38. The van der Waals surface area contributed by atoms with Gasteiger partial charge in [-0.2, -0.15) is 0 Å². The van der Waals surface area contributed by atoms with Crippen molar-refractivity contribution in [3.05, 3.63) is 29.3 Å². The molecule has 0 atom stereocenters. The number of anilines is 1. The fourth-order valence-corrected chi connectivity index (χ4v) is 3.74. The molecule has 120 valence electrons. The van der Waals surface area contributed by atoms with Gasteiger partial charge in [0.15, 0.2) is 0 Å². The number of benzene rings is 1. The molecule has 2 amide bonds. The van der Waals surface area contributed by atoms with E-state index >= 15 is 0 Å². The predicted molar refractivity (Wildman–Crippen MR) is 82.2 cm³/mol. The van der Waals surface area contributed by atoms with Gasteiger partial charge in [-0.25, -0.2) is 4.79 Å². The zero-order valence-electron chi connectivity index (χ0n) is 12.7. The van der Waals surface area contributed by atoms with Crippen LogP contribution in [0.25, 0.3) is 0 Å². The summed E-state index contributed by atoms with van der Waals surface area (Å²) in [5, 5.41) is 12.1. The Morgan fingerprint density at radius 1 is 1.22 bits per heavy atom. The van der Waals surface area contributed by atoms with Crippen LogP contribution in [0.2, 0.25) is 0 Å². The van der Waals surface area contributed by atoms with Crippen molar-refractivity contribution in [1.29, 1.82) is 0 Å². The molecule has 1 saturated carbocycles. The van der Waals surface area contributed by atoms with Crippen molar-refractivity contribution in [2.24, 2.45) is 5.92 Å². The summed E-state index contributed by atoms with van der Waals surface area (Å²) in [4.78, 5) is 37.8. The molecule has 2 fully saturated rings. The van der Waals surface area contributed by atoms with Crippen molar-refractivity contribution in [1.82, 2.24) is 4.90 Å². The van der Waals surface area contributed by atoms with Gasteiger partial charge in [0.2, 0.25) is 11.8 Å². The first-order valence-electron chi connectivity index (χ1n) is 7.99. The van der Waals surface area contributed by atoms with Crippen LogP contribution >= 0.6 is 0 Å². The molecule has 2 N–H and O–H groups in total. The summed E-state index contributed by atoms with van der Waals surface area (Å²) in [6, 6.07) is 4.77. The molecule has 1 aromatic carbocycles. The highest BCUT2D eigenvalue weighted by atomic mass is 16.4. The number of carboxylic acids is 1. The van der Waals surface area contributed by atoms with Crippen molar-refractivity contribution >= 4 is 23.5 Å². The zero-order valence-corrected chi connectivity index (χ0v) is 12.7. The molecule has 1 saturated heterocycles. The number of carbonyl (C=O) groups is 3. The number of rotatable bonds is 2. The standard InChI is InChI=1S/C17H18N2O4/c20-14(10-1-2-10)19-7-5-17(6-8-19)12-9-11(15(21)22)3-4-13(12)18-16(17)23/h3-4,9-10H,1-2,5-8H2,(H,18,23)(H,21,22). The minimum absolute atomic E-state index is 0.0754. The second-order valence-electron chi connectivity index (χ2n) is 6.70. The largest absolute Gasteiger partial charge is 0.478 e. The van der Waals surface area contributed by atoms with Gasteiger partial charge in [-0.05, 0) is 49.4 Å². The van der Waals surface area contributed by atoms with E-state index in [9.17, 15) is 19.5 Å². The lowest BCUT2D eigenvalue weighted by atomic mass is 9.73. The topological polar surface area (TPSA) is 86.7 Å². The van der Waals surface area contributed by atoms with Crippen LogP contribution in [0.1, 0.15) is 41.6 Å². The molecule has 6 nitrogen and oxygen atoms in total. The fraction of sp³-hybridized carbons (Fsp3) is 0.471. The Hall–Kier alpha value is -2.37. The molecule has 2 heterocycles. The van der Waals surface area contributed by atoms with Gasteiger partial charge in [0.05, 0.1) is 11.0 Å². The van der Waals surface area contributed by atoms with Crippen molar-refractivity contribution in [2.75, 3.05) is 18.4 Å². The number of hydrogen-bond donors (Lipinski definition) is 2. The average Bonchev–Trinajstić information content (AvgIpc) is 3.35. The maximum atomic E-state index is 12.5. The summed E-state index contributed by atoms with van der Waals surface area (Å²) in [6.45, 7) is 1.11. The first kappa shape index (κ1) is 14.2. The number of piperidine rings is 1. The first-order chi connectivity index (χ1) is 11.0. The van der Waals surface area contributed by atoms with E-state index < -0.39 is 11.4 Å². The quantitative estimate of drug-likeness (QED) is 0.868. The Morgan fingerprint density at radius 2 is 1.91 bits per heavy atom. The molecule has 0 radical (unpaired) electrons. The number of likely N-dealkylation sites (tertiary alicyclic amines) is 1. The third-order valence-electron chi connectivity index (χ3n) is 5.32. The molecule has 4 rings (SSSR count). The molecule has 1 aliphatic carbocycles. The van der Waals surface area contributed by atoms with E-state index in [1.165, 1.54) is 6.07 Å². The molecule has 3 aliphatic rings. The Balaban J connectivity index is 1.62. The van der Waals surface area contributed by atoms with E-state index in [1.54, 1.807) is 12.1 Å². The summed E-state index contributed by atoms with van der Waals surface area (Å²) >= 11 is 0. The number of hydrogen-bond acceptors (Lipinski definition) is 3. The van der Waals surface area contributed by atoms with Gasteiger partial charge in [0.25, 0.3) is 0 Å². The second kappa shape index (κ2) is 4.81. The fourth-order valence-electron chi connectivity index (χ4n) is 3.74. The van der Waals surface area contributed by atoms with Crippen LogP contribution in [0, 0.1) is 5.92 Å². The smallest absolute Gasteiger partial charge is 0.335 e. The van der Waals surface area contributed by atoms with Gasteiger partial charge in [0, 0.05) is 24.7 Å². The van der Waals surface area contributed by atoms with E-state index in [2.05, 4.69) is 5.32 Å². The average molecular weight is 314 g/mol. The molecule has 6 heteroatoms. The molecule has 23 heavy (non-hydrogen) atoms. The molecule has 0 bridgehead atoms. The molecular weight excluding hydrogens is 296 g/mol. The van der Waals surface area contributed by atoms with E-state index in [-0.39, 0.29) is 23.3 Å². The van der Waals surface area contributed by atoms with Crippen LogP contribution in [0.3, 0.4) is 0 Å². The van der Waals surface area contributed by atoms with Crippen molar-refractivity contribution < 1.29 is 19.5 Å². The molecule has 1 spiro atoms. The summed E-state index contributed by atoms with van der Waals surface area (Å²) in [5.41, 5.74) is 0.959. The normalized spacial score (nSPS) is 21.9. The van der Waals surface area contributed by atoms with Gasteiger partial charge in [-0.3, -0.25) is 9.59 Å². The van der Waals surface area contributed by atoms with E-state index in [4.69, 9.17) is 0 Å². The summed E-state index contributed by atoms with van der Waals surface area (Å²) in [5.74, 6) is -0.678. The Bertz CT molecular complexity index is 715. The highest BCUT2D eigenvalue weighted by molar-refractivity contribution is 6.07. The van der Waals surface area contributed by atoms with Crippen LogP contribution in [0.4, 0.5) is 5.69 Å². The number of aromatic carboxylic acids is 1. The Morgan fingerprint density at radius 3 is 2.52 bits per heavy atom. The minimum atomic E-state index is -0.997. The monoisotopic (exact) mass is 314 g/mol. The van der Waals surface area contributed by atoms with Gasteiger partial charge < -0.3 is 15.3 Å². The summed E-state index contributed by atoms with van der Waals surface area (Å²) < 4.78 is 0. The minimum Gasteiger partial charge on any atom is -0.478 e. The van der Waals surface area contributed by atoms with Crippen LogP contribution in [-0.2, 0) is 15.0 Å². The van der Waals surface area contributed by atoms with Crippen molar-refractivity contribution in [2.45, 2.75) is 31.1 Å². The molecule has 1 aromatic rings. The lowest BCUT2D eigenvalue weighted by Crippen LogP contribution is -2.48. The highest BCUT2D eigenvalue weighted by Gasteiger charge is 2.49. The Labute approximate surface area is 133 Å². The van der Waals surface area contributed by atoms with Gasteiger partial charge in [-0.1, -0.05) is 0 Å². The predicted octanol–water partition coefficient (Wildman–Crippen LogP) is 1.61. The highest BCUT2D eigenvalue weighted by Crippen LogP contribution is 2.46. The van der Waals surface area contributed by atoms with Crippen LogP contribution < -0.4 is 5.32 Å². The molecule has 2 aliphatic heterocycles. The summed E-state index contributed by atoms with van der Waals surface area (Å²) in [7, 11) is 0. The lowest BCUT2D eigenvalue weighted by molar-refractivity contribution is -0.136. The second-order valence-corrected chi connectivity index (χ2v) is 6.70.